The highest BCUT2D eigenvalue weighted by Gasteiger charge is 2.26. The van der Waals surface area contributed by atoms with Crippen LogP contribution < -0.4 is 5.32 Å². The van der Waals surface area contributed by atoms with Crippen molar-refractivity contribution in [3.05, 3.63) is 35.6 Å². The maximum Gasteiger partial charge on any atom is 0.128 e. The smallest absolute Gasteiger partial charge is 0.128 e. The molecule has 1 aromatic carbocycles. The van der Waals surface area contributed by atoms with Gasteiger partial charge in [0, 0.05) is 12.1 Å². The second kappa shape index (κ2) is 9.07. The Hall–Kier alpha value is -1.05. The molecule has 0 radical (unpaired) electrons. The van der Waals surface area contributed by atoms with E-state index in [4.69, 9.17) is 4.74 Å². The van der Waals surface area contributed by atoms with E-state index in [0.29, 0.717) is 12.0 Å². The van der Waals surface area contributed by atoms with E-state index in [1.54, 1.807) is 18.2 Å². The Morgan fingerprint density at radius 1 is 1.29 bits per heavy atom. The van der Waals surface area contributed by atoms with Gasteiger partial charge in [-0.15, -0.1) is 0 Å². The van der Waals surface area contributed by atoms with Gasteiger partial charge in [0.2, 0.25) is 0 Å². The summed E-state index contributed by atoms with van der Waals surface area (Å²) in [5, 5.41) is 31.3. The van der Waals surface area contributed by atoms with Gasteiger partial charge in [0.15, 0.2) is 0 Å². The molecule has 4 N–H and O–H groups in total. The van der Waals surface area contributed by atoms with Crippen molar-refractivity contribution in [1.29, 1.82) is 0 Å². The van der Waals surface area contributed by atoms with Crippen LogP contribution in [0.15, 0.2) is 24.3 Å². The molecule has 1 rings (SSSR count). The van der Waals surface area contributed by atoms with E-state index >= 15 is 0 Å². The maximum absolute atomic E-state index is 13.3. The predicted octanol–water partition coefficient (Wildman–Crippen LogP) is 0.426. The summed E-state index contributed by atoms with van der Waals surface area (Å²) in [4.78, 5) is 0. The summed E-state index contributed by atoms with van der Waals surface area (Å²) in [6, 6.07) is 6.30. The number of aliphatic hydroxyl groups is 3. The van der Waals surface area contributed by atoms with Gasteiger partial charge < -0.3 is 25.4 Å². The standard InChI is InChI=1S/C15H24FNO4/c1-2-15(10-18,11-19)17-7-13(20)9-21-8-12-5-3-4-6-14(12)16/h3-6,13,17-20H,2,7-11H2,1H3/t13-/m0/s1. The highest BCUT2D eigenvalue weighted by Crippen LogP contribution is 2.09. The molecule has 0 saturated carbocycles. The molecule has 0 amide bonds. The first-order valence-electron chi connectivity index (χ1n) is 7.03. The minimum atomic E-state index is -0.805. The Morgan fingerprint density at radius 2 is 1.95 bits per heavy atom. The Morgan fingerprint density at radius 3 is 2.52 bits per heavy atom. The number of ether oxygens (including phenoxy) is 1. The van der Waals surface area contributed by atoms with Crippen LogP contribution in [0.3, 0.4) is 0 Å². The highest BCUT2D eigenvalue weighted by atomic mass is 19.1. The van der Waals surface area contributed by atoms with Crippen molar-refractivity contribution >= 4 is 0 Å². The molecule has 6 heteroatoms. The number of hydrogen-bond donors (Lipinski definition) is 4. The lowest BCUT2D eigenvalue weighted by atomic mass is 9.98. The van der Waals surface area contributed by atoms with E-state index in [9.17, 15) is 19.7 Å². The second-order valence-electron chi connectivity index (χ2n) is 5.09. The summed E-state index contributed by atoms with van der Waals surface area (Å²) < 4.78 is 18.6. The van der Waals surface area contributed by atoms with Crippen molar-refractivity contribution < 1.29 is 24.4 Å². The van der Waals surface area contributed by atoms with Gasteiger partial charge in [-0.25, -0.2) is 4.39 Å². The SMILES string of the molecule is CCC(CO)(CO)NC[C@H](O)COCc1ccccc1F. The minimum absolute atomic E-state index is 0.0397. The Balaban J connectivity index is 2.31. The lowest BCUT2D eigenvalue weighted by molar-refractivity contribution is 0.0147. The molecule has 0 saturated heterocycles. The van der Waals surface area contributed by atoms with Crippen molar-refractivity contribution in [1.82, 2.24) is 5.32 Å². The van der Waals surface area contributed by atoms with Crippen molar-refractivity contribution in [3.63, 3.8) is 0 Å². The Bertz CT molecular complexity index is 404. The number of aliphatic hydroxyl groups excluding tert-OH is 3. The van der Waals surface area contributed by atoms with Gasteiger partial charge in [0.25, 0.3) is 0 Å². The molecule has 5 nitrogen and oxygen atoms in total. The summed E-state index contributed by atoms with van der Waals surface area (Å²) in [5.41, 5.74) is -0.363. The fourth-order valence-electron chi connectivity index (χ4n) is 1.82. The number of rotatable bonds is 10. The molecule has 0 heterocycles. The van der Waals surface area contributed by atoms with E-state index in [1.807, 2.05) is 6.92 Å². The predicted molar refractivity (Wildman–Crippen MR) is 77.3 cm³/mol. The quantitative estimate of drug-likeness (QED) is 0.504. The lowest BCUT2D eigenvalue weighted by Crippen LogP contribution is -2.53. The van der Waals surface area contributed by atoms with Crippen molar-refractivity contribution in [2.45, 2.75) is 31.6 Å². The molecule has 0 fully saturated rings. The molecule has 0 aliphatic heterocycles. The third kappa shape index (κ3) is 5.68. The number of β-amino-alcohol motifs (C(OH)–C–C–N with tert-alkyl or cyclic N) is 1. The molecule has 0 aliphatic rings. The van der Waals surface area contributed by atoms with Gasteiger partial charge in [0.1, 0.15) is 5.82 Å². The molecule has 0 bridgehead atoms. The Labute approximate surface area is 124 Å². The Kier molecular flexibility index (Phi) is 7.77. The molecule has 1 atom stereocenters. The van der Waals surface area contributed by atoms with E-state index in [-0.39, 0.29) is 38.8 Å². The third-order valence-electron chi connectivity index (χ3n) is 3.52. The zero-order valence-corrected chi connectivity index (χ0v) is 12.3. The monoisotopic (exact) mass is 301 g/mol. The fourth-order valence-corrected chi connectivity index (χ4v) is 1.82. The largest absolute Gasteiger partial charge is 0.394 e. The number of hydrogen-bond acceptors (Lipinski definition) is 5. The molecule has 0 unspecified atom stereocenters. The average molecular weight is 301 g/mol. The van der Waals surface area contributed by atoms with Gasteiger partial charge in [-0.1, -0.05) is 25.1 Å². The van der Waals surface area contributed by atoms with E-state index < -0.39 is 11.6 Å². The van der Waals surface area contributed by atoms with Crippen LogP contribution in [0.25, 0.3) is 0 Å². The summed E-state index contributed by atoms with van der Waals surface area (Å²) in [7, 11) is 0. The van der Waals surface area contributed by atoms with Gasteiger partial charge in [-0.3, -0.25) is 0 Å². The first kappa shape index (κ1) is 18.0. The minimum Gasteiger partial charge on any atom is -0.394 e. The zero-order chi connectivity index (χ0) is 15.7. The van der Waals surface area contributed by atoms with Crippen LogP contribution >= 0.6 is 0 Å². The molecular weight excluding hydrogens is 277 g/mol. The summed E-state index contributed by atoms with van der Waals surface area (Å²) in [6.07, 6.45) is -0.274. The number of halogens is 1. The maximum atomic E-state index is 13.3. The van der Waals surface area contributed by atoms with Crippen LogP contribution in [0.1, 0.15) is 18.9 Å². The number of benzene rings is 1. The second-order valence-corrected chi connectivity index (χ2v) is 5.09. The fraction of sp³-hybridized carbons (Fsp3) is 0.600. The topological polar surface area (TPSA) is 82.0 Å². The van der Waals surface area contributed by atoms with Crippen LogP contribution in [-0.2, 0) is 11.3 Å². The van der Waals surface area contributed by atoms with Crippen LogP contribution in [0, 0.1) is 5.82 Å². The van der Waals surface area contributed by atoms with Gasteiger partial charge >= 0.3 is 0 Å². The summed E-state index contributed by atoms with van der Waals surface area (Å²) >= 11 is 0. The van der Waals surface area contributed by atoms with E-state index in [0.717, 1.165) is 0 Å². The van der Waals surface area contributed by atoms with Crippen LogP contribution in [0.4, 0.5) is 4.39 Å². The highest BCUT2D eigenvalue weighted by molar-refractivity contribution is 5.16. The molecule has 0 aliphatic carbocycles. The van der Waals surface area contributed by atoms with E-state index in [2.05, 4.69) is 5.32 Å². The average Bonchev–Trinajstić information content (AvgIpc) is 2.51. The third-order valence-corrected chi connectivity index (χ3v) is 3.52. The van der Waals surface area contributed by atoms with Crippen LogP contribution in [0.5, 0.6) is 0 Å². The van der Waals surface area contributed by atoms with Crippen molar-refractivity contribution in [2.24, 2.45) is 0 Å². The molecule has 0 spiro atoms. The van der Waals surface area contributed by atoms with Gasteiger partial charge in [-0.2, -0.15) is 0 Å². The molecule has 21 heavy (non-hydrogen) atoms. The van der Waals surface area contributed by atoms with Gasteiger partial charge in [-0.05, 0) is 12.5 Å². The first-order chi connectivity index (χ1) is 10.1. The van der Waals surface area contributed by atoms with Crippen molar-refractivity contribution in [2.75, 3.05) is 26.4 Å². The summed E-state index contributed by atoms with van der Waals surface area (Å²) in [5.74, 6) is -0.337. The normalized spacial score (nSPS) is 13.4. The number of nitrogens with one attached hydrogen (secondary N) is 1. The first-order valence-corrected chi connectivity index (χ1v) is 7.03. The van der Waals surface area contributed by atoms with Gasteiger partial charge in [0.05, 0.1) is 38.1 Å². The molecule has 120 valence electrons. The van der Waals surface area contributed by atoms with Crippen molar-refractivity contribution in [3.8, 4) is 0 Å². The molecule has 1 aromatic rings. The lowest BCUT2D eigenvalue weighted by Gasteiger charge is -2.30. The summed E-state index contributed by atoms with van der Waals surface area (Å²) in [6.45, 7) is 1.69. The van der Waals surface area contributed by atoms with E-state index in [1.165, 1.54) is 6.07 Å². The van der Waals surface area contributed by atoms with Crippen LogP contribution in [-0.4, -0.2) is 53.3 Å². The molecular formula is C15H24FNO4. The van der Waals surface area contributed by atoms with Crippen LogP contribution in [0.2, 0.25) is 0 Å². The zero-order valence-electron chi connectivity index (χ0n) is 12.3. The molecule has 0 aromatic heterocycles.